The van der Waals surface area contributed by atoms with E-state index in [4.69, 9.17) is 9.52 Å². The Bertz CT molecular complexity index is 414. The van der Waals surface area contributed by atoms with Crippen molar-refractivity contribution in [3.8, 4) is 0 Å². The molecule has 0 saturated carbocycles. The number of aliphatic carboxylic acids is 1. The fourth-order valence-corrected chi connectivity index (χ4v) is 1.53. The van der Waals surface area contributed by atoms with E-state index in [0.717, 1.165) is 0 Å². The van der Waals surface area contributed by atoms with Crippen LogP contribution >= 0.6 is 0 Å². The van der Waals surface area contributed by atoms with E-state index < -0.39 is 24.6 Å². The average Bonchev–Trinajstić information content (AvgIpc) is 2.58. The minimum Gasteiger partial charge on any atom is -0.481 e. The molecule has 0 amide bonds. The summed E-state index contributed by atoms with van der Waals surface area (Å²) in [6, 6.07) is 3.34. The van der Waals surface area contributed by atoms with Gasteiger partial charge in [0.15, 0.2) is 5.92 Å². The maximum Gasteiger partial charge on any atom is 0.403 e. The van der Waals surface area contributed by atoms with Crippen LogP contribution in [0.1, 0.15) is 11.5 Å². The zero-order valence-corrected chi connectivity index (χ0v) is 9.99. The van der Waals surface area contributed by atoms with Gasteiger partial charge in [-0.25, -0.2) is 0 Å². The molecule has 1 N–H and O–H groups in total. The number of carboxylic acids is 1. The van der Waals surface area contributed by atoms with E-state index in [2.05, 4.69) is 0 Å². The normalized spacial score (nSPS) is 13.9. The first-order valence-corrected chi connectivity index (χ1v) is 5.23. The van der Waals surface area contributed by atoms with Crippen molar-refractivity contribution in [3.05, 3.63) is 23.7 Å². The van der Waals surface area contributed by atoms with Crippen LogP contribution in [0.5, 0.6) is 0 Å². The van der Waals surface area contributed by atoms with Crippen LogP contribution in [0, 0.1) is 12.8 Å². The lowest BCUT2D eigenvalue weighted by Gasteiger charge is -2.22. The second kappa shape index (κ2) is 5.43. The molecule has 0 spiro atoms. The highest BCUT2D eigenvalue weighted by atomic mass is 19.4. The summed E-state index contributed by atoms with van der Waals surface area (Å²) < 4.78 is 42.5. The fourth-order valence-electron chi connectivity index (χ4n) is 1.53. The number of alkyl halides is 3. The van der Waals surface area contributed by atoms with E-state index >= 15 is 0 Å². The van der Waals surface area contributed by atoms with Gasteiger partial charge in [-0.15, -0.1) is 0 Å². The predicted molar refractivity (Wildman–Crippen MR) is 57.0 cm³/mol. The molecule has 7 heteroatoms. The first-order valence-electron chi connectivity index (χ1n) is 5.23. The molecule has 0 fully saturated rings. The van der Waals surface area contributed by atoms with Crippen LogP contribution in [-0.4, -0.2) is 35.7 Å². The lowest BCUT2D eigenvalue weighted by Crippen LogP contribution is -2.39. The summed E-state index contributed by atoms with van der Waals surface area (Å²) in [6.07, 6.45) is -4.75. The first-order chi connectivity index (χ1) is 8.20. The molecule has 0 radical (unpaired) electrons. The van der Waals surface area contributed by atoms with Crippen molar-refractivity contribution in [3.63, 3.8) is 0 Å². The Balaban J connectivity index is 2.62. The molecular weight excluding hydrogens is 251 g/mol. The van der Waals surface area contributed by atoms with Gasteiger partial charge in [-0.1, -0.05) is 0 Å². The number of rotatable bonds is 5. The number of hydrogen-bond donors (Lipinski definition) is 1. The Labute approximate surface area is 102 Å². The molecule has 0 aliphatic heterocycles. The molecule has 1 atom stereocenters. The number of aryl methyl sites for hydroxylation is 1. The molecule has 0 aliphatic carbocycles. The molecule has 0 bridgehead atoms. The summed E-state index contributed by atoms with van der Waals surface area (Å²) in [6.45, 7) is 1.24. The smallest absolute Gasteiger partial charge is 0.403 e. The highest BCUT2D eigenvalue weighted by molar-refractivity contribution is 5.71. The van der Waals surface area contributed by atoms with Crippen molar-refractivity contribution in [1.29, 1.82) is 0 Å². The molecule has 1 rings (SSSR count). The fraction of sp³-hybridized carbons (Fsp3) is 0.545. The molecule has 0 aromatic carbocycles. The van der Waals surface area contributed by atoms with E-state index in [1.165, 1.54) is 11.9 Å². The molecule has 1 aromatic heterocycles. The average molecular weight is 265 g/mol. The molecular formula is C11H14F3NO3. The van der Waals surface area contributed by atoms with E-state index in [1.807, 2.05) is 0 Å². The predicted octanol–water partition coefficient (Wildman–Crippen LogP) is 2.28. The Hall–Kier alpha value is -1.50. The number of furan rings is 1. The summed E-state index contributed by atoms with van der Waals surface area (Å²) in [4.78, 5) is 11.8. The maximum atomic E-state index is 12.4. The lowest BCUT2D eigenvalue weighted by atomic mass is 10.1. The van der Waals surface area contributed by atoms with Gasteiger partial charge in [-0.05, 0) is 26.1 Å². The van der Waals surface area contributed by atoms with Crippen LogP contribution in [0.3, 0.4) is 0 Å². The first kappa shape index (κ1) is 14.6. The summed E-state index contributed by atoms with van der Waals surface area (Å²) in [7, 11) is 1.42. The Morgan fingerprint density at radius 2 is 2.11 bits per heavy atom. The molecule has 0 aliphatic rings. The Kier molecular flexibility index (Phi) is 4.39. The number of nitrogens with zero attached hydrogens (tertiary/aromatic N) is 1. The van der Waals surface area contributed by atoms with Gasteiger partial charge in [0.1, 0.15) is 11.5 Å². The van der Waals surface area contributed by atoms with Gasteiger partial charge < -0.3 is 9.52 Å². The summed E-state index contributed by atoms with van der Waals surface area (Å²) >= 11 is 0. The van der Waals surface area contributed by atoms with Gasteiger partial charge in [0.05, 0.1) is 6.54 Å². The van der Waals surface area contributed by atoms with Crippen molar-refractivity contribution in [1.82, 2.24) is 4.90 Å². The number of hydrogen-bond acceptors (Lipinski definition) is 3. The second-order valence-corrected chi connectivity index (χ2v) is 4.14. The van der Waals surface area contributed by atoms with E-state index in [0.29, 0.717) is 11.5 Å². The number of carbonyl (C=O) groups is 1. The van der Waals surface area contributed by atoms with Gasteiger partial charge in [0.25, 0.3) is 0 Å². The quantitative estimate of drug-likeness (QED) is 0.887. The molecule has 18 heavy (non-hydrogen) atoms. The van der Waals surface area contributed by atoms with Gasteiger partial charge >= 0.3 is 12.1 Å². The maximum absolute atomic E-state index is 12.4. The third-order valence-corrected chi connectivity index (χ3v) is 2.41. The van der Waals surface area contributed by atoms with Crippen LogP contribution in [0.15, 0.2) is 16.5 Å². The van der Waals surface area contributed by atoms with Gasteiger partial charge in [-0.2, -0.15) is 13.2 Å². The molecule has 1 heterocycles. The van der Waals surface area contributed by atoms with Crippen molar-refractivity contribution < 1.29 is 27.5 Å². The minimum atomic E-state index is -4.75. The van der Waals surface area contributed by atoms with Crippen molar-refractivity contribution >= 4 is 5.97 Å². The number of carboxylic acid groups (broad SMARTS) is 1. The summed E-state index contributed by atoms with van der Waals surface area (Å²) in [5.41, 5.74) is 0. The van der Waals surface area contributed by atoms with Crippen LogP contribution in [0.4, 0.5) is 13.2 Å². The van der Waals surface area contributed by atoms with Crippen LogP contribution in [0.25, 0.3) is 0 Å². The SMILES string of the molecule is Cc1ccc(CN(C)CC(C(=O)O)C(F)(F)F)o1. The van der Waals surface area contributed by atoms with Crippen LogP contribution in [-0.2, 0) is 11.3 Å². The third-order valence-electron chi connectivity index (χ3n) is 2.41. The minimum absolute atomic E-state index is 0.133. The summed E-state index contributed by atoms with van der Waals surface area (Å²) in [5, 5.41) is 8.56. The summed E-state index contributed by atoms with van der Waals surface area (Å²) in [5.74, 6) is -3.10. The van der Waals surface area contributed by atoms with Gasteiger partial charge in [0.2, 0.25) is 0 Å². The molecule has 0 saturated heterocycles. The van der Waals surface area contributed by atoms with E-state index in [-0.39, 0.29) is 6.54 Å². The molecule has 1 aromatic rings. The lowest BCUT2D eigenvalue weighted by molar-refractivity contribution is -0.196. The highest BCUT2D eigenvalue weighted by Gasteiger charge is 2.45. The largest absolute Gasteiger partial charge is 0.481 e. The Morgan fingerprint density at radius 3 is 2.50 bits per heavy atom. The van der Waals surface area contributed by atoms with Crippen LogP contribution < -0.4 is 0 Å². The Morgan fingerprint density at radius 1 is 1.50 bits per heavy atom. The van der Waals surface area contributed by atoms with E-state index in [9.17, 15) is 18.0 Å². The van der Waals surface area contributed by atoms with E-state index in [1.54, 1.807) is 19.1 Å². The second-order valence-electron chi connectivity index (χ2n) is 4.14. The topological polar surface area (TPSA) is 53.7 Å². The van der Waals surface area contributed by atoms with Gasteiger partial charge in [-0.3, -0.25) is 9.69 Å². The standard InChI is InChI=1S/C11H14F3NO3/c1-7-3-4-8(18-7)5-15(2)6-9(10(16)17)11(12,13)14/h3-4,9H,5-6H2,1-2H3,(H,16,17). The molecule has 1 unspecified atom stereocenters. The molecule has 4 nitrogen and oxygen atoms in total. The van der Waals surface area contributed by atoms with Crippen molar-refractivity contribution in [2.45, 2.75) is 19.6 Å². The van der Waals surface area contributed by atoms with Crippen molar-refractivity contribution in [2.24, 2.45) is 5.92 Å². The highest BCUT2D eigenvalue weighted by Crippen LogP contribution is 2.27. The zero-order chi connectivity index (χ0) is 13.9. The van der Waals surface area contributed by atoms with Crippen molar-refractivity contribution in [2.75, 3.05) is 13.6 Å². The van der Waals surface area contributed by atoms with Crippen LogP contribution in [0.2, 0.25) is 0 Å². The third kappa shape index (κ3) is 4.06. The molecule has 102 valence electrons. The monoisotopic (exact) mass is 265 g/mol. The number of halogens is 3. The zero-order valence-electron chi connectivity index (χ0n) is 9.99. The van der Waals surface area contributed by atoms with Gasteiger partial charge in [0, 0.05) is 6.54 Å².